The number of benzene rings is 2. The van der Waals surface area contributed by atoms with Gasteiger partial charge in [0.2, 0.25) is 0 Å². The predicted molar refractivity (Wildman–Crippen MR) is 141 cm³/mol. The standard InChI is InChI=1S/C29H28N4O2S/c1-32-19-25(18-31-32)28-20-33(36(34,35)26-10-6-3-7-11-26)29-27(28)16-24(17-30-29)23-14-12-22(13-15-23)21-8-4-2-5-9-21/h2-11,16-20,22-23H,12-15H2,1H3. The molecular formula is C29H28N4O2S. The summed E-state index contributed by atoms with van der Waals surface area (Å²) in [7, 11) is -1.94. The molecule has 1 fully saturated rings. The minimum Gasteiger partial charge on any atom is -0.275 e. The maximum Gasteiger partial charge on any atom is 0.269 e. The Morgan fingerprint density at radius 3 is 2.08 bits per heavy atom. The maximum atomic E-state index is 13.6. The zero-order valence-corrected chi connectivity index (χ0v) is 21.0. The monoisotopic (exact) mass is 496 g/mol. The van der Waals surface area contributed by atoms with E-state index in [4.69, 9.17) is 4.98 Å². The molecule has 0 bridgehead atoms. The predicted octanol–water partition coefficient (Wildman–Crippen LogP) is 6.12. The molecule has 1 saturated carbocycles. The first-order valence-corrected chi connectivity index (χ1v) is 13.8. The highest BCUT2D eigenvalue weighted by Crippen LogP contribution is 2.42. The van der Waals surface area contributed by atoms with Crippen molar-refractivity contribution < 1.29 is 8.42 Å². The Morgan fingerprint density at radius 2 is 1.44 bits per heavy atom. The summed E-state index contributed by atoms with van der Waals surface area (Å²) in [5.74, 6) is 1.01. The Hall–Kier alpha value is -3.71. The van der Waals surface area contributed by atoms with Crippen molar-refractivity contribution in [3.63, 3.8) is 0 Å². The van der Waals surface area contributed by atoms with Crippen LogP contribution < -0.4 is 0 Å². The van der Waals surface area contributed by atoms with Crippen molar-refractivity contribution in [2.45, 2.75) is 42.4 Å². The molecule has 5 aromatic rings. The minimum absolute atomic E-state index is 0.241. The molecule has 2 aromatic carbocycles. The van der Waals surface area contributed by atoms with Crippen LogP contribution in [-0.2, 0) is 17.1 Å². The molecule has 3 heterocycles. The number of pyridine rings is 1. The first-order chi connectivity index (χ1) is 17.5. The lowest BCUT2D eigenvalue weighted by Crippen LogP contribution is -2.13. The zero-order valence-electron chi connectivity index (χ0n) is 20.2. The topological polar surface area (TPSA) is 69.8 Å². The Bertz CT molecular complexity index is 1610. The lowest BCUT2D eigenvalue weighted by atomic mass is 9.76. The quantitative estimate of drug-likeness (QED) is 0.294. The smallest absolute Gasteiger partial charge is 0.269 e. The van der Waals surface area contributed by atoms with Gasteiger partial charge in [-0.15, -0.1) is 0 Å². The molecule has 0 amide bonds. The number of nitrogens with zero attached hydrogens (tertiary/aromatic N) is 4. The second-order valence-electron chi connectivity index (χ2n) is 9.66. The van der Waals surface area contributed by atoms with Crippen LogP contribution in [-0.4, -0.2) is 27.2 Å². The summed E-state index contributed by atoms with van der Waals surface area (Å²) >= 11 is 0. The average molecular weight is 497 g/mol. The number of fused-ring (bicyclic) bond motifs is 1. The SMILES string of the molecule is Cn1cc(-c2cn(S(=O)(=O)c3ccccc3)c3ncc(C4CCC(c5ccccc5)CC4)cc23)cn1. The van der Waals surface area contributed by atoms with E-state index in [-0.39, 0.29) is 4.90 Å². The molecule has 6 nitrogen and oxygen atoms in total. The van der Waals surface area contributed by atoms with Crippen LogP contribution in [0.25, 0.3) is 22.2 Å². The third-order valence-corrected chi connectivity index (χ3v) is 9.08. The molecule has 1 aliphatic rings. The van der Waals surface area contributed by atoms with Crippen molar-refractivity contribution in [3.8, 4) is 11.1 Å². The Balaban J connectivity index is 1.40. The molecule has 0 atom stereocenters. The summed E-state index contributed by atoms with van der Waals surface area (Å²) in [5.41, 5.74) is 4.74. The largest absolute Gasteiger partial charge is 0.275 e. The van der Waals surface area contributed by atoms with Gasteiger partial charge in [0, 0.05) is 42.2 Å². The van der Waals surface area contributed by atoms with E-state index in [1.807, 2.05) is 25.5 Å². The molecule has 0 N–H and O–H groups in total. The van der Waals surface area contributed by atoms with Crippen LogP contribution >= 0.6 is 0 Å². The lowest BCUT2D eigenvalue weighted by Gasteiger charge is -2.29. The van der Waals surface area contributed by atoms with Crippen LogP contribution in [0.15, 0.2) is 96.4 Å². The second kappa shape index (κ2) is 9.06. The molecule has 36 heavy (non-hydrogen) atoms. The van der Waals surface area contributed by atoms with Crippen LogP contribution in [0.1, 0.15) is 48.6 Å². The third-order valence-electron chi connectivity index (χ3n) is 7.42. The molecule has 0 aliphatic heterocycles. The number of rotatable bonds is 5. The van der Waals surface area contributed by atoms with Gasteiger partial charge in [0.25, 0.3) is 10.0 Å². The summed E-state index contributed by atoms with van der Waals surface area (Å²) in [4.78, 5) is 4.98. The van der Waals surface area contributed by atoms with Crippen LogP contribution in [0, 0.1) is 0 Å². The van der Waals surface area contributed by atoms with Crippen molar-refractivity contribution in [1.82, 2.24) is 18.7 Å². The molecule has 7 heteroatoms. The van der Waals surface area contributed by atoms with Crippen LogP contribution in [0.4, 0.5) is 0 Å². The highest BCUT2D eigenvalue weighted by molar-refractivity contribution is 7.90. The van der Waals surface area contributed by atoms with Gasteiger partial charge in [0.05, 0.1) is 11.1 Å². The van der Waals surface area contributed by atoms with Crippen molar-refractivity contribution in [1.29, 1.82) is 0 Å². The van der Waals surface area contributed by atoms with Gasteiger partial charge in [-0.25, -0.2) is 17.4 Å². The number of hydrogen-bond acceptors (Lipinski definition) is 4. The minimum atomic E-state index is -3.79. The van der Waals surface area contributed by atoms with Gasteiger partial charge in [-0.2, -0.15) is 5.10 Å². The zero-order chi connectivity index (χ0) is 24.7. The van der Waals surface area contributed by atoms with Crippen molar-refractivity contribution in [2.24, 2.45) is 7.05 Å². The van der Waals surface area contributed by atoms with Crippen molar-refractivity contribution in [3.05, 3.63) is 103 Å². The van der Waals surface area contributed by atoms with Crippen LogP contribution in [0.3, 0.4) is 0 Å². The fourth-order valence-electron chi connectivity index (χ4n) is 5.48. The number of hydrogen-bond donors (Lipinski definition) is 0. The van der Waals surface area contributed by atoms with E-state index in [0.29, 0.717) is 17.5 Å². The van der Waals surface area contributed by atoms with Gasteiger partial charge in [0.1, 0.15) is 0 Å². The van der Waals surface area contributed by atoms with Gasteiger partial charge in [-0.1, -0.05) is 48.5 Å². The van der Waals surface area contributed by atoms with Gasteiger partial charge in [0.15, 0.2) is 5.65 Å². The summed E-state index contributed by atoms with van der Waals surface area (Å²) in [5, 5.41) is 5.15. The summed E-state index contributed by atoms with van der Waals surface area (Å²) in [6, 6.07) is 21.4. The summed E-state index contributed by atoms with van der Waals surface area (Å²) < 4.78 is 30.2. The van der Waals surface area contributed by atoms with E-state index in [9.17, 15) is 8.42 Å². The summed E-state index contributed by atoms with van der Waals surface area (Å²) in [6.45, 7) is 0. The fraction of sp³-hybridized carbons (Fsp3) is 0.241. The van der Waals surface area contributed by atoms with Crippen LogP contribution in [0.5, 0.6) is 0 Å². The van der Waals surface area contributed by atoms with E-state index in [2.05, 4.69) is 41.5 Å². The summed E-state index contributed by atoms with van der Waals surface area (Å²) in [6.07, 6.45) is 11.7. The molecule has 182 valence electrons. The highest BCUT2D eigenvalue weighted by atomic mass is 32.2. The van der Waals surface area contributed by atoms with Gasteiger partial charge < -0.3 is 0 Å². The molecule has 0 unspecified atom stereocenters. The first kappa shape index (κ1) is 22.7. The molecule has 6 rings (SSSR count). The van der Waals surface area contributed by atoms with Crippen LogP contribution in [0.2, 0.25) is 0 Å². The molecule has 1 aliphatic carbocycles. The van der Waals surface area contributed by atoms with Crippen molar-refractivity contribution in [2.75, 3.05) is 0 Å². The molecular weight excluding hydrogens is 468 g/mol. The van der Waals surface area contributed by atoms with Gasteiger partial charge >= 0.3 is 0 Å². The van der Waals surface area contributed by atoms with E-state index >= 15 is 0 Å². The maximum absolute atomic E-state index is 13.6. The lowest BCUT2D eigenvalue weighted by molar-refractivity contribution is 0.396. The number of aromatic nitrogens is 4. The van der Waals surface area contributed by atoms with Crippen molar-refractivity contribution >= 4 is 21.1 Å². The Labute approximate surface area is 211 Å². The van der Waals surface area contributed by atoms with E-state index in [1.54, 1.807) is 41.3 Å². The normalized spacial score (nSPS) is 18.5. The van der Waals surface area contributed by atoms with E-state index < -0.39 is 10.0 Å². The van der Waals surface area contributed by atoms with Gasteiger partial charge in [-0.05, 0) is 66.8 Å². The van der Waals surface area contributed by atoms with E-state index in [0.717, 1.165) is 42.2 Å². The highest BCUT2D eigenvalue weighted by Gasteiger charge is 2.27. The molecule has 0 radical (unpaired) electrons. The average Bonchev–Trinajstić information content (AvgIpc) is 3.53. The molecule has 0 spiro atoms. The van der Waals surface area contributed by atoms with E-state index in [1.165, 1.54) is 15.1 Å². The third kappa shape index (κ3) is 4.03. The van der Waals surface area contributed by atoms with Gasteiger partial charge in [-0.3, -0.25) is 4.68 Å². The second-order valence-corrected chi connectivity index (χ2v) is 11.5. The number of aryl methyl sites for hydroxylation is 1. The fourth-order valence-corrected chi connectivity index (χ4v) is 6.83. The Kier molecular flexibility index (Phi) is 5.72. The molecule has 3 aromatic heterocycles. The molecule has 0 saturated heterocycles. The Morgan fingerprint density at radius 1 is 0.806 bits per heavy atom. The first-order valence-electron chi connectivity index (χ1n) is 12.4.